The number of benzene rings is 2. The molecule has 0 amide bonds. The largest absolute Gasteiger partial charge is 0.454 e. The lowest BCUT2D eigenvalue weighted by atomic mass is 9.97. The van der Waals surface area contributed by atoms with Crippen LogP contribution in [0.3, 0.4) is 0 Å². The van der Waals surface area contributed by atoms with E-state index in [2.05, 4.69) is 55.4 Å². The molecule has 0 N–H and O–H groups in total. The fourth-order valence-electron chi connectivity index (χ4n) is 3.18. The average Bonchev–Trinajstić information content (AvgIpc) is 2.52. The monoisotopic (exact) mass is 312 g/mol. The molecule has 1 aliphatic heterocycles. The van der Waals surface area contributed by atoms with E-state index in [1.807, 2.05) is 11.8 Å². The first kappa shape index (κ1) is 15.5. The maximum Gasteiger partial charge on any atom is 0.144 e. The summed E-state index contributed by atoms with van der Waals surface area (Å²) in [5.74, 6) is 2.12. The quantitative estimate of drug-likeness (QED) is 0.474. The molecule has 0 saturated heterocycles. The van der Waals surface area contributed by atoms with Crippen LogP contribution >= 0.6 is 11.8 Å². The molecule has 0 aromatic heterocycles. The summed E-state index contributed by atoms with van der Waals surface area (Å²) in [4.78, 5) is 2.58. The Labute approximate surface area is 138 Å². The Kier molecular flexibility index (Phi) is 3.56. The molecule has 2 aromatic rings. The van der Waals surface area contributed by atoms with Gasteiger partial charge in [-0.3, -0.25) is 0 Å². The molecule has 0 fully saturated rings. The van der Waals surface area contributed by atoms with Gasteiger partial charge in [-0.05, 0) is 99.9 Å². The summed E-state index contributed by atoms with van der Waals surface area (Å²) in [5, 5.41) is 0. The van der Waals surface area contributed by atoms with E-state index in [1.165, 1.54) is 54.3 Å². The zero-order valence-electron chi connectivity index (χ0n) is 14.8. The molecular weight excluding hydrogens is 288 g/mol. The summed E-state index contributed by atoms with van der Waals surface area (Å²) in [6.07, 6.45) is 0. The summed E-state index contributed by atoms with van der Waals surface area (Å²) in [5.41, 5.74) is 10.7. The van der Waals surface area contributed by atoms with E-state index in [4.69, 9.17) is 4.74 Å². The average molecular weight is 312 g/mol. The van der Waals surface area contributed by atoms with Crippen LogP contribution in [-0.4, -0.2) is 0 Å². The summed E-state index contributed by atoms with van der Waals surface area (Å²) in [6, 6.07) is 0. The van der Waals surface area contributed by atoms with Crippen LogP contribution in [0.2, 0.25) is 0 Å². The molecule has 2 heteroatoms. The maximum atomic E-state index is 6.45. The third kappa shape index (κ3) is 1.93. The lowest BCUT2D eigenvalue weighted by Gasteiger charge is -2.29. The summed E-state index contributed by atoms with van der Waals surface area (Å²) in [7, 11) is 0. The van der Waals surface area contributed by atoms with Crippen LogP contribution in [0.25, 0.3) is 0 Å². The van der Waals surface area contributed by atoms with Gasteiger partial charge in [-0.1, -0.05) is 11.8 Å². The van der Waals surface area contributed by atoms with E-state index in [0.29, 0.717) is 0 Å². The van der Waals surface area contributed by atoms with Crippen molar-refractivity contribution in [2.75, 3.05) is 0 Å². The number of hydrogen-bond acceptors (Lipinski definition) is 2. The second-order valence-electron chi connectivity index (χ2n) is 6.52. The van der Waals surface area contributed by atoms with Gasteiger partial charge in [0.25, 0.3) is 0 Å². The second-order valence-corrected chi connectivity index (χ2v) is 7.54. The minimum absolute atomic E-state index is 1.06. The van der Waals surface area contributed by atoms with Gasteiger partial charge in [-0.2, -0.15) is 0 Å². The first-order valence-electron chi connectivity index (χ1n) is 7.82. The van der Waals surface area contributed by atoms with Crippen molar-refractivity contribution in [2.24, 2.45) is 0 Å². The van der Waals surface area contributed by atoms with Crippen molar-refractivity contribution in [3.63, 3.8) is 0 Å². The molecule has 0 unspecified atom stereocenters. The Morgan fingerprint density at radius 3 is 1.14 bits per heavy atom. The van der Waals surface area contributed by atoms with E-state index in [1.54, 1.807) is 0 Å². The van der Waals surface area contributed by atoms with Gasteiger partial charge in [0.05, 0.1) is 9.79 Å². The van der Waals surface area contributed by atoms with Crippen LogP contribution in [0.5, 0.6) is 11.5 Å². The lowest BCUT2D eigenvalue weighted by Crippen LogP contribution is -2.07. The van der Waals surface area contributed by atoms with Crippen LogP contribution in [0.15, 0.2) is 9.79 Å². The Bertz CT molecular complexity index is 680. The van der Waals surface area contributed by atoms with Gasteiger partial charge in [0.1, 0.15) is 11.5 Å². The first-order valence-corrected chi connectivity index (χ1v) is 8.63. The smallest absolute Gasteiger partial charge is 0.144 e. The predicted octanol–water partition coefficient (Wildman–Crippen LogP) is 6.41. The maximum absolute atomic E-state index is 6.45. The molecule has 0 radical (unpaired) electrons. The number of hydrogen-bond donors (Lipinski definition) is 0. The summed E-state index contributed by atoms with van der Waals surface area (Å²) < 4.78 is 6.45. The molecule has 2 aromatic carbocycles. The van der Waals surface area contributed by atoms with Crippen molar-refractivity contribution in [3.8, 4) is 11.5 Å². The fraction of sp³-hybridized carbons (Fsp3) is 0.400. The minimum atomic E-state index is 1.06. The van der Waals surface area contributed by atoms with Crippen LogP contribution in [0, 0.1) is 55.4 Å². The topological polar surface area (TPSA) is 9.23 Å². The van der Waals surface area contributed by atoms with Crippen molar-refractivity contribution in [2.45, 2.75) is 65.2 Å². The van der Waals surface area contributed by atoms with Gasteiger partial charge in [-0.25, -0.2) is 0 Å². The number of fused-ring (bicyclic) bond motifs is 2. The molecule has 0 atom stereocenters. The van der Waals surface area contributed by atoms with Gasteiger partial charge in [0, 0.05) is 0 Å². The van der Waals surface area contributed by atoms with E-state index >= 15 is 0 Å². The van der Waals surface area contributed by atoms with Gasteiger partial charge < -0.3 is 4.74 Å². The van der Waals surface area contributed by atoms with E-state index in [9.17, 15) is 0 Å². The molecule has 3 rings (SSSR count). The van der Waals surface area contributed by atoms with E-state index in [-0.39, 0.29) is 0 Å². The molecule has 1 nitrogen and oxygen atoms in total. The Morgan fingerprint density at radius 2 is 0.773 bits per heavy atom. The summed E-state index contributed by atoms with van der Waals surface area (Å²) in [6.45, 7) is 17.6. The third-order valence-electron chi connectivity index (χ3n) is 5.56. The highest BCUT2D eigenvalue weighted by molar-refractivity contribution is 7.99. The third-order valence-corrected chi connectivity index (χ3v) is 6.95. The minimum Gasteiger partial charge on any atom is -0.454 e. The SMILES string of the molecule is Cc1c(C)c(C)c2c(c1C)Oc1c(C)c(C)c(C)c(C)c1S2. The lowest BCUT2D eigenvalue weighted by molar-refractivity contribution is 0.443. The molecule has 116 valence electrons. The fourth-order valence-corrected chi connectivity index (χ4v) is 4.57. The van der Waals surface area contributed by atoms with Crippen LogP contribution in [0.1, 0.15) is 44.5 Å². The summed E-state index contributed by atoms with van der Waals surface area (Å²) >= 11 is 1.88. The van der Waals surface area contributed by atoms with Crippen molar-refractivity contribution in [3.05, 3.63) is 44.5 Å². The standard InChI is InChI=1S/C20H24OS/c1-9-11(3)15(7)19-17(13(9)5)21-18-14(6)10(2)12(4)16(8)20(18)22-19/h1-8H3. The van der Waals surface area contributed by atoms with E-state index < -0.39 is 0 Å². The molecule has 0 bridgehead atoms. The van der Waals surface area contributed by atoms with Crippen molar-refractivity contribution < 1.29 is 4.74 Å². The highest BCUT2D eigenvalue weighted by Crippen LogP contribution is 2.54. The van der Waals surface area contributed by atoms with Gasteiger partial charge >= 0.3 is 0 Å². The van der Waals surface area contributed by atoms with Crippen molar-refractivity contribution in [1.82, 2.24) is 0 Å². The van der Waals surface area contributed by atoms with Crippen molar-refractivity contribution in [1.29, 1.82) is 0 Å². The van der Waals surface area contributed by atoms with Crippen LogP contribution in [-0.2, 0) is 0 Å². The van der Waals surface area contributed by atoms with Gasteiger partial charge in [-0.15, -0.1) is 0 Å². The van der Waals surface area contributed by atoms with Crippen LogP contribution in [0.4, 0.5) is 0 Å². The molecule has 1 heterocycles. The zero-order chi connectivity index (χ0) is 16.3. The number of ether oxygens (including phenoxy) is 1. The van der Waals surface area contributed by atoms with Gasteiger partial charge in [0.2, 0.25) is 0 Å². The van der Waals surface area contributed by atoms with Crippen LogP contribution < -0.4 is 4.74 Å². The Morgan fingerprint density at radius 1 is 0.455 bits per heavy atom. The molecule has 22 heavy (non-hydrogen) atoms. The normalized spacial score (nSPS) is 12.7. The van der Waals surface area contributed by atoms with Gasteiger partial charge in [0.15, 0.2) is 0 Å². The molecule has 0 spiro atoms. The first-order chi connectivity index (χ1) is 10.3. The Balaban J connectivity index is 2.32. The molecular formula is C20H24OS. The number of rotatable bonds is 0. The highest BCUT2D eigenvalue weighted by Gasteiger charge is 2.28. The zero-order valence-corrected chi connectivity index (χ0v) is 15.6. The second kappa shape index (κ2) is 5.06. The molecule has 0 aliphatic carbocycles. The molecule has 1 aliphatic rings. The molecule has 0 saturated carbocycles. The van der Waals surface area contributed by atoms with Crippen molar-refractivity contribution >= 4 is 11.8 Å². The highest BCUT2D eigenvalue weighted by atomic mass is 32.2. The Hall–Kier alpha value is -1.41. The predicted molar refractivity (Wildman–Crippen MR) is 95.0 cm³/mol. The van der Waals surface area contributed by atoms with E-state index in [0.717, 1.165) is 11.5 Å².